The van der Waals surface area contributed by atoms with Crippen LogP contribution in [-0.4, -0.2) is 47.1 Å². The van der Waals surface area contributed by atoms with Crippen molar-refractivity contribution in [3.8, 4) is 0 Å². The molecule has 0 aliphatic carbocycles. The second-order valence-corrected chi connectivity index (χ2v) is 4.10. The van der Waals surface area contributed by atoms with Gasteiger partial charge in [0.2, 0.25) is 0 Å². The zero-order valence-electron chi connectivity index (χ0n) is 11.3. The third-order valence-electron chi connectivity index (χ3n) is 2.28. The van der Waals surface area contributed by atoms with Crippen LogP contribution < -0.4 is 5.32 Å². The van der Waals surface area contributed by atoms with Crippen molar-refractivity contribution in [3.05, 3.63) is 30.1 Å². The molecular formula is C12H16LiN2O4. The number of rotatable bonds is 5. The number of carbonyl (C=O) groups excluding carboxylic acids is 1. The summed E-state index contributed by atoms with van der Waals surface area (Å²) < 4.78 is 4.88. The van der Waals surface area contributed by atoms with Gasteiger partial charge in [0.25, 0.3) is 0 Å². The molecule has 0 saturated carbocycles. The van der Waals surface area contributed by atoms with Crippen molar-refractivity contribution in [2.75, 3.05) is 0 Å². The monoisotopic (exact) mass is 259 g/mol. The number of ether oxygens (including phenoxy) is 1. The third-order valence-corrected chi connectivity index (χ3v) is 2.28. The van der Waals surface area contributed by atoms with E-state index in [2.05, 4.69) is 10.3 Å². The molecule has 6 nitrogen and oxygen atoms in total. The Kier molecular flexibility index (Phi) is 7.88. The molecule has 0 aliphatic heterocycles. The van der Waals surface area contributed by atoms with Crippen LogP contribution in [0.5, 0.6) is 0 Å². The minimum Gasteiger partial charge on any atom is -0.480 e. The van der Waals surface area contributed by atoms with Gasteiger partial charge in [-0.1, -0.05) is 19.9 Å². The maximum Gasteiger partial charge on any atom is 0.408 e. The average molecular weight is 259 g/mol. The molecule has 1 heterocycles. The van der Waals surface area contributed by atoms with Crippen LogP contribution in [0.4, 0.5) is 4.79 Å². The van der Waals surface area contributed by atoms with E-state index in [4.69, 9.17) is 9.84 Å². The minimum atomic E-state index is -1.08. The Bertz CT molecular complexity index is 411. The van der Waals surface area contributed by atoms with Crippen LogP contribution in [0.3, 0.4) is 0 Å². The standard InChI is InChI=1S/C12H16N2O4.Li/c1-8(2)10(11(15)16)14-12(17)18-7-9-5-3-4-6-13-9;/h3-6,8,10H,7H2,1-2H3,(H,14,17)(H,15,16);/t10-;/m0./s1. The molecule has 1 aromatic rings. The number of carboxylic acid groups (broad SMARTS) is 1. The van der Waals surface area contributed by atoms with E-state index < -0.39 is 18.1 Å². The van der Waals surface area contributed by atoms with E-state index in [1.165, 1.54) is 0 Å². The fourth-order valence-corrected chi connectivity index (χ4v) is 1.31. The molecule has 0 spiro atoms. The molecule has 99 valence electrons. The Morgan fingerprint density at radius 2 is 2.11 bits per heavy atom. The van der Waals surface area contributed by atoms with Gasteiger partial charge in [0.05, 0.1) is 5.69 Å². The molecule has 1 radical (unpaired) electrons. The Morgan fingerprint density at radius 1 is 1.42 bits per heavy atom. The topological polar surface area (TPSA) is 88.5 Å². The predicted molar refractivity (Wildman–Crippen MR) is 69.6 cm³/mol. The molecule has 1 aromatic heterocycles. The fourth-order valence-electron chi connectivity index (χ4n) is 1.31. The molecule has 1 amide bonds. The number of nitrogens with one attached hydrogen (secondary N) is 1. The van der Waals surface area contributed by atoms with Crippen molar-refractivity contribution < 1.29 is 19.4 Å². The number of carboxylic acids is 1. The van der Waals surface area contributed by atoms with Crippen LogP contribution in [0.2, 0.25) is 0 Å². The van der Waals surface area contributed by atoms with Gasteiger partial charge in [0, 0.05) is 25.1 Å². The molecule has 1 atom stereocenters. The summed E-state index contributed by atoms with van der Waals surface area (Å²) in [6.45, 7) is 3.42. The first-order valence-corrected chi connectivity index (χ1v) is 5.56. The summed E-state index contributed by atoms with van der Waals surface area (Å²) >= 11 is 0. The summed E-state index contributed by atoms with van der Waals surface area (Å²) in [4.78, 5) is 26.3. The quantitative estimate of drug-likeness (QED) is 0.771. The summed E-state index contributed by atoms with van der Waals surface area (Å²) in [5.74, 6) is -1.30. The molecule has 19 heavy (non-hydrogen) atoms. The zero-order valence-corrected chi connectivity index (χ0v) is 11.3. The normalized spacial score (nSPS) is 11.3. The molecule has 0 aromatic carbocycles. The first-order chi connectivity index (χ1) is 8.50. The Balaban J connectivity index is 0.00000324. The minimum absolute atomic E-state index is 0. The number of alkyl carbamates (subject to hydrolysis) is 1. The summed E-state index contributed by atoms with van der Waals surface area (Å²) in [7, 11) is 0. The van der Waals surface area contributed by atoms with Gasteiger partial charge in [0.15, 0.2) is 0 Å². The van der Waals surface area contributed by atoms with Crippen LogP contribution in [0, 0.1) is 5.92 Å². The molecule has 0 unspecified atom stereocenters. The number of pyridine rings is 1. The summed E-state index contributed by atoms with van der Waals surface area (Å²) in [6, 6.07) is 4.28. The van der Waals surface area contributed by atoms with Crippen molar-refractivity contribution in [3.63, 3.8) is 0 Å². The Hall–Kier alpha value is -1.51. The van der Waals surface area contributed by atoms with Crippen molar-refractivity contribution >= 4 is 30.9 Å². The third kappa shape index (κ3) is 6.27. The molecule has 0 aliphatic rings. The SMILES string of the molecule is CC(C)[C@H](NC(=O)OCc1ccccn1)C(=O)O.[Li]. The van der Waals surface area contributed by atoms with Crippen LogP contribution in [-0.2, 0) is 16.1 Å². The van der Waals surface area contributed by atoms with Gasteiger partial charge < -0.3 is 15.2 Å². The van der Waals surface area contributed by atoms with Gasteiger partial charge in [-0.25, -0.2) is 9.59 Å². The van der Waals surface area contributed by atoms with E-state index in [0.717, 1.165) is 0 Å². The first kappa shape index (κ1) is 17.5. The smallest absolute Gasteiger partial charge is 0.408 e. The molecule has 7 heteroatoms. The van der Waals surface area contributed by atoms with Crippen molar-refractivity contribution in [2.45, 2.75) is 26.5 Å². The molecule has 0 saturated heterocycles. The van der Waals surface area contributed by atoms with Gasteiger partial charge in [-0.15, -0.1) is 0 Å². The number of nitrogens with zero attached hydrogens (tertiary/aromatic N) is 1. The number of aliphatic carboxylic acids is 1. The van der Waals surface area contributed by atoms with Gasteiger partial charge in [-0.3, -0.25) is 4.98 Å². The fraction of sp³-hybridized carbons (Fsp3) is 0.417. The second kappa shape index (κ2) is 8.57. The number of aromatic nitrogens is 1. The van der Waals surface area contributed by atoms with Crippen LogP contribution >= 0.6 is 0 Å². The summed E-state index contributed by atoms with van der Waals surface area (Å²) in [6.07, 6.45) is 0.826. The van der Waals surface area contributed by atoms with Gasteiger partial charge in [0.1, 0.15) is 12.6 Å². The molecule has 2 N–H and O–H groups in total. The van der Waals surface area contributed by atoms with Crippen molar-refractivity contribution in [2.24, 2.45) is 5.92 Å². The molecule has 1 rings (SSSR count). The number of carbonyl (C=O) groups is 2. The number of hydrogen-bond acceptors (Lipinski definition) is 4. The largest absolute Gasteiger partial charge is 0.480 e. The van der Waals surface area contributed by atoms with Crippen molar-refractivity contribution in [1.29, 1.82) is 0 Å². The van der Waals surface area contributed by atoms with Crippen LogP contribution in [0.15, 0.2) is 24.4 Å². The van der Waals surface area contributed by atoms with E-state index in [1.54, 1.807) is 38.2 Å². The molecule has 0 fully saturated rings. The van der Waals surface area contributed by atoms with E-state index in [9.17, 15) is 9.59 Å². The van der Waals surface area contributed by atoms with Crippen molar-refractivity contribution in [1.82, 2.24) is 10.3 Å². The van der Waals surface area contributed by atoms with E-state index in [0.29, 0.717) is 5.69 Å². The van der Waals surface area contributed by atoms with Gasteiger partial charge in [-0.2, -0.15) is 0 Å². The van der Waals surface area contributed by atoms with E-state index >= 15 is 0 Å². The van der Waals surface area contributed by atoms with Gasteiger partial charge in [-0.05, 0) is 18.1 Å². The Labute approximate surface area is 123 Å². The second-order valence-electron chi connectivity index (χ2n) is 4.10. The summed E-state index contributed by atoms with van der Waals surface area (Å²) in [5, 5.41) is 11.2. The van der Waals surface area contributed by atoms with Gasteiger partial charge >= 0.3 is 12.1 Å². The molecule has 0 bridgehead atoms. The Morgan fingerprint density at radius 3 is 2.58 bits per heavy atom. The molecular weight excluding hydrogens is 243 g/mol. The first-order valence-electron chi connectivity index (χ1n) is 5.56. The van der Waals surface area contributed by atoms with E-state index in [-0.39, 0.29) is 31.4 Å². The van der Waals surface area contributed by atoms with E-state index in [1.807, 2.05) is 0 Å². The zero-order chi connectivity index (χ0) is 13.5. The van der Waals surface area contributed by atoms with Crippen LogP contribution in [0.1, 0.15) is 19.5 Å². The maximum atomic E-state index is 11.4. The van der Waals surface area contributed by atoms with Crippen LogP contribution in [0.25, 0.3) is 0 Å². The number of hydrogen-bond donors (Lipinski definition) is 2. The number of amides is 1. The maximum absolute atomic E-state index is 11.4. The average Bonchev–Trinajstić information content (AvgIpc) is 2.34. The summed E-state index contributed by atoms with van der Waals surface area (Å²) in [5.41, 5.74) is 0.601. The predicted octanol–water partition coefficient (Wildman–Crippen LogP) is 1.04.